The van der Waals surface area contributed by atoms with Crippen LogP contribution in [0.15, 0.2) is 46.1 Å². The largest absolute Gasteiger partial charge is 0.448 e. The fraction of sp³-hybridized carbons (Fsp3) is 0.448. The van der Waals surface area contributed by atoms with Crippen LogP contribution in [0.1, 0.15) is 73.1 Å². The summed E-state index contributed by atoms with van der Waals surface area (Å²) >= 11 is 0. The summed E-state index contributed by atoms with van der Waals surface area (Å²) in [5, 5.41) is 1.33. The van der Waals surface area contributed by atoms with Gasteiger partial charge in [-0.2, -0.15) is 0 Å². The van der Waals surface area contributed by atoms with E-state index in [1.165, 1.54) is 38.9 Å². The molecule has 35 heavy (non-hydrogen) atoms. The van der Waals surface area contributed by atoms with E-state index in [-0.39, 0.29) is 5.56 Å². The molecule has 1 fully saturated rings. The van der Waals surface area contributed by atoms with Crippen LogP contribution in [-0.4, -0.2) is 32.5 Å². The molecule has 6 rings (SSSR count). The van der Waals surface area contributed by atoms with E-state index in [1.807, 2.05) is 13.2 Å². The second-order valence-corrected chi connectivity index (χ2v) is 10.6. The zero-order valence-electron chi connectivity index (χ0n) is 20.9. The predicted molar refractivity (Wildman–Crippen MR) is 139 cm³/mol. The van der Waals surface area contributed by atoms with Crippen LogP contribution in [0.5, 0.6) is 0 Å². The Kier molecular flexibility index (Phi) is 5.64. The van der Waals surface area contributed by atoms with Gasteiger partial charge in [-0.25, -0.2) is 4.98 Å². The third-order valence-corrected chi connectivity index (χ3v) is 8.06. The zero-order chi connectivity index (χ0) is 24.1. The number of hydrogen-bond donors (Lipinski definition) is 1. The van der Waals surface area contributed by atoms with Gasteiger partial charge < -0.3 is 14.0 Å². The molecular formula is C29H34N4O2. The summed E-state index contributed by atoms with van der Waals surface area (Å²) < 4.78 is 7.21. The number of fused-ring (bicyclic) bond motifs is 2. The van der Waals surface area contributed by atoms with E-state index in [1.54, 1.807) is 17.0 Å². The predicted octanol–water partition coefficient (Wildman–Crippen LogP) is 5.51. The molecule has 0 spiro atoms. The Hall–Kier alpha value is -3.12. The zero-order valence-corrected chi connectivity index (χ0v) is 20.9. The summed E-state index contributed by atoms with van der Waals surface area (Å²) in [4.78, 5) is 23.2. The van der Waals surface area contributed by atoms with E-state index in [4.69, 9.17) is 4.42 Å². The van der Waals surface area contributed by atoms with Crippen molar-refractivity contribution >= 4 is 10.9 Å². The van der Waals surface area contributed by atoms with Crippen molar-refractivity contribution in [1.29, 1.82) is 0 Å². The van der Waals surface area contributed by atoms with Crippen molar-refractivity contribution in [2.45, 2.75) is 64.3 Å². The van der Waals surface area contributed by atoms with Gasteiger partial charge in [0.2, 0.25) is 5.89 Å². The van der Waals surface area contributed by atoms with Gasteiger partial charge in [0.05, 0.1) is 18.4 Å². The van der Waals surface area contributed by atoms with Crippen molar-refractivity contribution in [2.75, 3.05) is 13.1 Å². The third-order valence-electron chi connectivity index (χ3n) is 8.06. The molecule has 4 aromatic rings. The van der Waals surface area contributed by atoms with Crippen LogP contribution in [0.25, 0.3) is 22.2 Å². The highest BCUT2D eigenvalue weighted by molar-refractivity contribution is 5.92. The quantitative estimate of drug-likeness (QED) is 0.417. The Balaban J connectivity index is 1.34. The van der Waals surface area contributed by atoms with E-state index < -0.39 is 0 Å². The summed E-state index contributed by atoms with van der Waals surface area (Å²) in [5.41, 5.74) is 8.83. The molecule has 6 heteroatoms. The van der Waals surface area contributed by atoms with Crippen molar-refractivity contribution in [3.63, 3.8) is 0 Å². The lowest BCUT2D eigenvalue weighted by Crippen LogP contribution is -2.32. The molecule has 0 saturated carbocycles. The molecule has 182 valence electrons. The second-order valence-electron chi connectivity index (χ2n) is 10.6. The number of aromatic amines is 1. The van der Waals surface area contributed by atoms with E-state index in [0.29, 0.717) is 11.8 Å². The first kappa shape index (κ1) is 22.4. The average molecular weight is 471 g/mol. The van der Waals surface area contributed by atoms with Crippen LogP contribution in [0.4, 0.5) is 0 Å². The van der Waals surface area contributed by atoms with Crippen molar-refractivity contribution in [3.05, 3.63) is 75.4 Å². The molecule has 0 unspecified atom stereocenters. The number of nitrogens with one attached hydrogen (secondary N) is 1. The van der Waals surface area contributed by atoms with Gasteiger partial charge >= 0.3 is 0 Å². The Morgan fingerprint density at radius 1 is 1.17 bits per heavy atom. The highest BCUT2D eigenvalue weighted by Gasteiger charge is 2.26. The van der Waals surface area contributed by atoms with Crippen molar-refractivity contribution in [1.82, 2.24) is 19.4 Å². The Labute approximate surface area is 206 Å². The maximum absolute atomic E-state index is 12.7. The first-order chi connectivity index (χ1) is 17.0. The Bertz CT molecular complexity index is 1420. The number of hydrogen-bond acceptors (Lipinski definition) is 4. The third kappa shape index (κ3) is 3.94. The molecule has 1 N–H and O–H groups in total. The molecule has 6 nitrogen and oxygen atoms in total. The molecular weight excluding hydrogens is 436 g/mol. The van der Waals surface area contributed by atoms with Gasteiger partial charge in [0.1, 0.15) is 6.26 Å². The van der Waals surface area contributed by atoms with Crippen molar-refractivity contribution < 1.29 is 4.42 Å². The van der Waals surface area contributed by atoms with Crippen LogP contribution >= 0.6 is 0 Å². The molecule has 0 bridgehead atoms. The highest BCUT2D eigenvalue weighted by Crippen LogP contribution is 2.40. The van der Waals surface area contributed by atoms with E-state index in [9.17, 15) is 4.79 Å². The van der Waals surface area contributed by atoms with Gasteiger partial charge in [0.15, 0.2) is 0 Å². The van der Waals surface area contributed by atoms with Crippen LogP contribution in [0, 0.1) is 0 Å². The molecule has 1 aromatic carbocycles. The van der Waals surface area contributed by atoms with Gasteiger partial charge in [-0.3, -0.25) is 9.69 Å². The number of likely N-dealkylation sites (tertiary alicyclic amines) is 1. The fourth-order valence-electron chi connectivity index (χ4n) is 6.28. The minimum absolute atomic E-state index is 0.167. The Morgan fingerprint density at radius 2 is 1.97 bits per heavy atom. The molecule has 0 atom stereocenters. The monoisotopic (exact) mass is 470 g/mol. The van der Waals surface area contributed by atoms with Crippen LogP contribution in [-0.2, 0) is 26.4 Å². The maximum atomic E-state index is 12.7. The lowest BCUT2D eigenvalue weighted by molar-refractivity contribution is 0.187. The lowest BCUT2D eigenvalue weighted by Gasteiger charge is -2.31. The number of H-pyrrole nitrogens is 1. The number of aromatic nitrogens is 3. The molecule has 1 aliphatic heterocycles. The number of pyridine rings is 1. The SMILES string of the molecule is CC(C)c1c(-c2cn(C)c(=O)c3c2CCC3)[nH]c2ccc(C3CCN(Cc4ncco4)CC3)cc12. The first-order valence-electron chi connectivity index (χ1n) is 13.0. The molecule has 4 heterocycles. The number of piperidine rings is 1. The van der Waals surface area contributed by atoms with Crippen molar-refractivity contribution in [2.24, 2.45) is 7.05 Å². The Morgan fingerprint density at radius 3 is 2.71 bits per heavy atom. The number of rotatable bonds is 5. The number of oxazole rings is 1. The summed E-state index contributed by atoms with van der Waals surface area (Å²) in [5.74, 6) is 1.75. The van der Waals surface area contributed by atoms with E-state index in [0.717, 1.165) is 63.2 Å². The molecule has 0 radical (unpaired) electrons. The van der Waals surface area contributed by atoms with Gasteiger partial charge in [-0.15, -0.1) is 0 Å². The molecule has 0 amide bonds. The number of aryl methyl sites for hydroxylation is 1. The van der Waals surface area contributed by atoms with E-state index >= 15 is 0 Å². The lowest BCUT2D eigenvalue weighted by atomic mass is 9.87. The second kappa shape index (κ2) is 8.83. The normalized spacial score (nSPS) is 17.0. The molecule has 2 aliphatic rings. The molecule has 1 saturated heterocycles. The minimum atomic E-state index is 0.167. The van der Waals surface area contributed by atoms with Crippen molar-refractivity contribution in [3.8, 4) is 11.3 Å². The van der Waals surface area contributed by atoms with Crippen LogP contribution in [0.2, 0.25) is 0 Å². The number of benzene rings is 1. The smallest absolute Gasteiger partial charge is 0.253 e. The van der Waals surface area contributed by atoms with Gasteiger partial charge in [0.25, 0.3) is 5.56 Å². The van der Waals surface area contributed by atoms with E-state index in [2.05, 4.69) is 46.9 Å². The van der Waals surface area contributed by atoms with Crippen LogP contribution in [0.3, 0.4) is 0 Å². The average Bonchev–Trinajstić information content (AvgIpc) is 3.61. The number of nitrogens with zero attached hydrogens (tertiary/aromatic N) is 3. The van der Waals surface area contributed by atoms with Gasteiger partial charge in [-0.1, -0.05) is 19.9 Å². The highest BCUT2D eigenvalue weighted by atomic mass is 16.3. The fourth-order valence-corrected chi connectivity index (χ4v) is 6.28. The van der Waals surface area contributed by atoms with Crippen LogP contribution < -0.4 is 5.56 Å². The summed E-state index contributed by atoms with van der Waals surface area (Å²) in [6.45, 7) is 7.47. The van der Waals surface area contributed by atoms with Gasteiger partial charge in [-0.05, 0) is 85.9 Å². The summed E-state index contributed by atoms with van der Waals surface area (Å²) in [7, 11) is 1.88. The summed E-state index contributed by atoms with van der Waals surface area (Å²) in [6.07, 6.45) is 10.7. The summed E-state index contributed by atoms with van der Waals surface area (Å²) in [6, 6.07) is 7.01. The maximum Gasteiger partial charge on any atom is 0.253 e. The topological polar surface area (TPSA) is 67.1 Å². The molecule has 1 aliphatic carbocycles. The van der Waals surface area contributed by atoms with Gasteiger partial charge in [0, 0.05) is 35.3 Å². The molecule has 3 aromatic heterocycles. The standard InChI is InChI=1S/C29H34N4O2/c1-18(2)27-23-15-20(19-9-12-33(13-10-19)17-26-30-11-14-35-26)7-8-25(23)31-28(27)24-16-32(3)29(34)22-6-4-5-21(22)24/h7-8,11,14-16,18-19,31H,4-6,9-10,12-13,17H2,1-3H3. The minimum Gasteiger partial charge on any atom is -0.448 e. The first-order valence-corrected chi connectivity index (χ1v) is 13.0.